The maximum Gasteiger partial charge on any atom is 0.154 e. The van der Waals surface area contributed by atoms with Gasteiger partial charge in [0.25, 0.3) is 0 Å². The van der Waals surface area contributed by atoms with E-state index in [1.165, 1.54) is 38.8 Å². The van der Waals surface area contributed by atoms with Crippen LogP contribution in [0.1, 0.15) is 25.7 Å². The lowest BCUT2D eigenvalue weighted by Gasteiger charge is -2.32. The molecule has 4 rings (SSSR count). The quantitative estimate of drug-likeness (QED) is 0.907. The number of aromatic nitrogens is 3. The van der Waals surface area contributed by atoms with Crippen LogP contribution in [-0.4, -0.2) is 44.6 Å². The van der Waals surface area contributed by atoms with Crippen molar-refractivity contribution in [3.63, 3.8) is 0 Å². The maximum atomic E-state index is 4.52. The summed E-state index contributed by atoms with van der Waals surface area (Å²) in [6, 6.07) is 3.23. The molecule has 106 valence electrons. The Hall–Kier alpha value is -1.62. The van der Waals surface area contributed by atoms with Crippen LogP contribution in [0.15, 0.2) is 18.6 Å². The summed E-state index contributed by atoms with van der Waals surface area (Å²) >= 11 is 0. The fourth-order valence-electron chi connectivity index (χ4n) is 3.76. The van der Waals surface area contributed by atoms with Gasteiger partial charge in [0.05, 0.1) is 11.8 Å². The molecule has 0 aliphatic carbocycles. The molecule has 2 saturated heterocycles. The van der Waals surface area contributed by atoms with Crippen molar-refractivity contribution in [3.05, 3.63) is 18.6 Å². The number of rotatable bonds is 2. The highest BCUT2D eigenvalue weighted by Gasteiger charge is 2.35. The van der Waals surface area contributed by atoms with Crippen LogP contribution in [0.25, 0.3) is 11.0 Å². The van der Waals surface area contributed by atoms with Gasteiger partial charge >= 0.3 is 0 Å². The first-order valence-electron chi connectivity index (χ1n) is 7.59. The highest BCUT2D eigenvalue weighted by molar-refractivity contribution is 5.85. The van der Waals surface area contributed by atoms with Gasteiger partial charge in [0.15, 0.2) is 5.82 Å². The third-order valence-corrected chi connectivity index (χ3v) is 4.82. The molecule has 2 fully saturated rings. The second-order valence-corrected chi connectivity index (χ2v) is 6.02. The highest BCUT2D eigenvalue weighted by atomic mass is 15.2. The van der Waals surface area contributed by atoms with Crippen LogP contribution >= 0.6 is 0 Å². The molecule has 0 bridgehead atoms. The molecular weight excluding hydrogens is 250 g/mol. The average molecular weight is 271 g/mol. The minimum Gasteiger partial charge on any atom is -0.364 e. The predicted octanol–water partition coefficient (Wildman–Crippen LogP) is 2.01. The van der Waals surface area contributed by atoms with Gasteiger partial charge in [-0.1, -0.05) is 6.42 Å². The lowest BCUT2D eigenvalue weighted by atomic mass is 9.99. The first-order chi connectivity index (χ1) is 9.83. The van der Waals surface area contributed by atoms with Crippen molar-refractivity contribution >= 4 is 16.9 Å². The summed E-state index contributed by atoms with van der Waals surface area (Å²) in [5.41, 5.74) is 2.13. The number of fused-ring (bicyclic) bond motifs is 2. The Balaban J connectivity index is 1.61. The van der Waals surface area contributed by atoms with E-state index in [0.717, 1.165) is 16.9 Å². The molecule has 0 amide bonds. The number of nitrogens with one attached hydrogen (secondary N) is 1. The summed E-state index contributed by atoms with van der Waals surface area (Å²) < 4.78 is 2.05. The number of nitrogens with zero attached hydrogens (tertiary/aromatic N) is 4. The summed E-state index contributed by atoms with van der Waals surface area (Å²) in [6.07, 6.45) is 8.99. The van der Waals surface area contributed by atoms with Crippen LogP contribution < -0.4 is 5.32 Å². The minimum absolute atomic E-state index is 0.524. The largest absolute Gasteiger partial charge is 0.364 e. The van der Waals surface area contributed by atoms with Crippen LogP contribution in [0.5, 0.6) is 0 Å². The van der Waals surface area contributed by atoms with E-state index in [4.69, 9.17) is 0 Å². The van der Waals surface area contributed by atoms with E-state index in [2.05, 4.69) is 20.2 Å². The molecule has 0 aromatic carbocycles. The van der Waals surface area contributed by atoms with E-state index >= 15 is 0 Å². The van der Waals surface area contributed by atoms with Crippen molar-refractivity contribution in [1.82, 2.24) is 19.4 Å². The van der Waals surface area contributed by atoms with E-state index < -0.39 is 0 Å². The van der Waals surface area contributed by atoms with Gasteiger partial charge in [0.1, 0.15) is 5.52 Å². The van der Waals surface area contributed by atoms with Gasteiger partial charge in [-0.25, -0.2) is 9.97 Å². The minimum atomic E-state index is 0.524. The maximum absolute atomic E-state index is 4.52. The predicted molar refractivity (Wildman–Crippen MR) is 79.7 cm³/mol. The van der Waals surface area contributed by atoms with Gasteiger partial charge in [-0.3, -0.25) is 4.90 Å². The van der Waals surface area contributed by atoms with Crippen LogP contribution in [0.2, 0.25) is 0 Å². The number of hydrogen-bond acceptors (Lipinski definition) is 4. The standard InChI is InChI=1S/C15H21N5/c1-19-10-17-14-13(19)5-7-16-15(14)18-11-6-9-20-8-3-2-4-12(11)20/h5,7,10-12H,2-4,6,8-9H2,1H3,(H,16,18). The van der Waals surface area contributed by atoms with Crippen molar-refractivity contribution in [2.45, 2.75) is 37.8 Å². The van der Waals surface area contributed by atoms with Crippen LogP contribution in [0.4, 0.5) is 5.82 Å². The zero-order valence-electron chi connectivity index (χ0n) is 11.9. The van der Waals surface area contributed by atoms with E-state index in [0.29, 0.717) is 12.1 Å². The summed E-state index contributed by atoms with van der Waals surface area (Å²) in [5, 5.41) is 3.67. The molecule has 2 aliphatic heterocycles. The molecule has 5 nitrogen and oxygen atoms in total. The second-order valence-electron chi connectivity index (χ2n) is 6.02. The van der Waals surface area contributed by atoms with Gasteiger partial charge in [-0.2, -0.15) is 0 Å². The third-order valence-electron chi connectivity index (χ3n) is 4.82. The van der Waals surface area contributed by atoms with Gasteiger partial charge in [0, 0.05) is 31.9 Å². The van der Waals surface area contributed by atoms with Gasteiger partial charge in [-0.05, 0) is 31.9 Å². The van der Waals surface area contributed by atoms with Crippen molar-refractivity contribution in [2.75, 3.05) is 18.4 Å². The van der Waals surface area contributed by atoms with Crippen molar-refractivity contribution < 1.29 is 0 Å². The van der Waals surface area contributed by atoms with E-state index in [1.54, 1.807) is 0 Å². The molecule has 4 heterocycles. The number of imidazole rings is 1. The first-order valence-corrected chi connectivity index (χ1v) is 7.59. The Morgan fingerprint density at radius 3 is 3.10 bits per heavy atom. The second kappa shape index (κ2) is 4.74. The number of anilines is 1. The summed E-state index contributed by atoms with van der Waals surface area (Å²) in [7, 11) is 2.03. The highest BCUT2D eigenvalue weighted by Crippen LogP contribution is 2.30. The fourth-order valence-corrected chi connectivity index (χ4v) is 3.76. The SMILES string of the molecule is Cn1cnc2c(NC3CCN4CCCCC34)nccc21. The molecule has 2 atom stereocenters. The number of hydrogen-bond donors (Lipinski definition) is 1. The average Bonchev–Trinajstić information content (AvgIpc) is 3.05. The Bertz CT molecular complexity index is 620. The molecule has 20 heavy (non-hydrogen) atoms. The zero-order valence-corrected chi connectivity index (χ0v) is 11.9. The number of aryl methyl sites for hydroxylation is 1. The van der Waals surface area contributed by atoms with Gasteiger partial charge in [0.2, 0.25) is 0 Å². The van der Waals surface area contributed by atoms with Crippen molar-refractivity contribution in [1.29, 1.82) is 0 Å². The summed E-state index contributed by atoms with van der Waals surface area (Å²) in [4.78, 5) is 11.6. The lowest BCUT2D eigenvalue weighted by molar-refractivity contribution is 0.192. The number of piperidine rings is 1. The molecule has 0 saturated carbocycles. The Morgan fingerprint density at radius 1 is 1.20 bits per heavy atom. The molecular formula is C15H21N5. The Kier molecular flexibility index (Phi) is 2.88. The monoisotopic (exact) mass is 271 g/mol. The molecule has 5 heteroatoms. The van der Waals surface area contributed by atoms with Gasteiger partial charge in [-0.15, -0.1) is 0 Å². The van der Waals surface area contributed by atoms with Crippen molar-refractivity contribution in [2.24, 2.45) is 7.05 Å². The smallest absolute Gasteiger partial charge is 0.154 e. The summed E-state index contributed by atoms with van der Waals surface area (Å²) in [6.45, 7) is 2.49. The summed E-state index contributed by atoms with van der Waals surface area (Å²) in [5.74, 6) is 0.945. The van der Waals surface area contributed by atoms with Gasteiger partial charge < -0.3 is 9.88 Å². The Labute approximate surface area is 119 Å². The molecule has 0 radical (unpaired) electrons. The first kappa shape index (κ1) is 12.1. The number of pyridine rings is 1. The topological polar surface area (TPSA) is 46.0 Å². The van der Waals surface area contributed by atoms with Crippen LogP contribution in [0, 0.1) is 0 Å². The normalized spacial score (nSPS) is 26.9. The van der Waals surface area contributed by atoms with Crippen LogP contribution in [-0.2, 0) is 7.05 Å². The van der Waals surface area contributed by atoms with Crippen LogP contribution in [0.3, 0.4) is 0 Å². The molecule has 2 unspecified atom stereocenters. The lowest BCUT2D eigenvalue weighted by Crippen LogP contribution is -2.41. The zero-order chi connectivity index (χ0) is 13.5. The fraction of sp³-hybridized carbons (Fsp3) is 0.600. The Morgan fingerprint density at radius 2 is 2.15 bits per heavy atom. The molecule has 2 aliphatic rings. The van der Waals surface area contributed by atoms with E-state index in [9.17, 15) is 0 Å². The van der Waals surface area contributed by atoms with E-state index in [1.807, 2.05) is 30.2 Å². The van der Waals surface area contributed by atoms with Crippen molar-refractivity contribution in [3.8, 4) is 0 Å². The molecule has 2 aromatic rings. The third kappa shape index (κ3) is 1.88. The molecule has 2 aromatic heterocycles. The molecule has 1 N–H and O–H groups in total. The molecule has 0 spiro atoms. The van der Waals surface area contributed by atoms with E-state index in [-0.39, 0.29) is 0 Å².